The quantitative estimate of drug-likeness (QED) is 0.452. The zero-order valence-electron chi connectivity index (χ0n) is 14.3. The molecule has 0 bridgehead atoms. The second kappa shape index (κ2) is 7.92. The number of rotatable bonds is 7. The van der Waals surface area contributed by atoms with Crippen LogP contribution in [0.25, 0.3) is 0 Å². The van der Waals surface area contributed by atoms with E-state index < -0.39 is 46.5 Å². The van der Waals surface area contributed by atoms with E-state index in [1.807, 2.05) is 5.32 Å². The Labute approximate surface area is 160 Å². The molecule has 3 amide bonds. The molecule has 2 rings (SSSR count). The van der Waals surface area contributed by atoms with Crippen molar-refractivity contribution in [3.05, 3.63) is 23.8 Å². The molecule has 1 fully saturated rings. The normalized spacial score (nSPS) is 19.9. The first-order valence-corrected chi connectivity index (χ1v) is 8.83. The topological polar surface area (TPSA) is 140 Å². The summed E-state index contributed by atoms with van der Waals surface area (Å²) in [6.45, 7) is -0.840. The minimum absolute atomic E-state index is 0. The number of hydrogen-bond acceptors (Lipinski definition) is 6. The van der Waals surface area contributed by atoms with E-state index in [2.05, 4.69) is 5.32 Å². The Kier molecular flexibility index (Phi) is 6.75. The van der Waals surface area contributed by atoms with Crippen molar-refractivity contribution in [3.8, 4) is 5.75 Å². The molecule has 27 heavy (non-hydrogen) atoms. The van der Waals surface area contributed by atoms with Crippen LogP contribution >= 0.6 is 12.4 Å². The predicted molar refractivity (Wildman–Crippen MR) is 93.5 cm³/mol. The minimum atomic E-state index is -4.32. The van der Waals surface area contributed by atoms with Gasteiger partial charge >= 0.3 is 6.03 Å². The van der Waals surface area contributed by atoms with Crippen LogP contribution in [-0.2, 0) is 20.4 Å². The highest BCUT2D eigenvalue weighted by Gasteiger charge is 2.45. The van der Waals surface area contributed by atoms with E-state index in [0.717, 1.165) is 12.1 Å². The first-order valence-electron chi connectivity index (χ1n) is 7.35. The number of carbonyl (C=O) groups excluding carboxylic acids is 2. The number of hydrogen-bond donors (Lipinski definition) is 4. The lowest BCUT2D eigenvalue weighted by molar-refractivity contribution is -0.123. The van der Waals surface area contributed by atoms with Gasteiger partial charge in [-0.15, -0.1) is 12.4 Å². The molecule has 0 saturated carbocycles. The molecule has 1 unspecified atom stereocenters. The van der Waals surface area contributed by atoms with E-state index in [1.165, 1.54) is 20.1 Å². The second-order valence-electron chi connectivity index (χ2n) is 5.78. The SMILES string of the molecule is COc1ccc(S(=O)(=O)NCC(F)(F)CN)cc1C1(C)NC(=O)NC1=O.Cl. The van der Waals surface area contributed by atoms with E-state index in [1.54, 1.807) is 4.72 Å². The van der Waals surface area contributed by atoms with E-state index in [-0.39, 0.29) is 28.6 Å². The molecule has 1 heterocycles. The van der Waals surface area contributed by atoms with Crippen LogP contribution < -0.4 is 25.8 Å². The molecule has 0 radical (unpaired) electrons. The highest BCUT2D eigenvalue weighted by atomic mass is 35.5. The van der Waals surface area contributed by atoms with Crippen LogP contribution in [0, 0.1) is 0 Å². The van der Waals surface area contributed by atoms with Crippen molar-refractivity contribution >= 4 is 34.4 Å². The van der Waals surface area contributed by atoms with Gasteiger partial charge in [-0.3, -0.25) is 10.1 Å². The van der Waals surface area contributed by atoms with Crippen LogP contribution in [0.1, 0.15) is 12.5 Å². The zero-order valence-corrected chi connectivity index (χ0v) is 16.0. The number of urea groups is 1. The Morgan fingerprint density at radius 3 is 2.44 bits per heavy atom. The number of ether oxygens (including phenoxy) is 1. The summed E-state index contributed by atoms with van der Waals surface area (Å²) >= 11 is 0. The number of amides is 3. The number of alkyl halides is 2. The summed E-state index contributed by atoms with van der Waals surface area (Å²) in [7, 11) is -3.03. The van der Waals surface area contributed by atoms with Crippen molar-refractivity contribution in [1.82, 2.24) is 15.4 Å². The Morgan fingerprint density at radius 2 is 1.96 bits per heavy atom. The lowest BCUT2D eigenvalue weighted by atomic mass is 9.91. The van der Waals surface area contributed by atoms with E-state index in [0.29, 0.717) is 0 Å². The molecule has 0 aliphatic carbocycles. The van der Waals surface area contributed by atoms with Crippen molar-refractivity contribution in [3.63, 3.8) is 0 Å². The Morgan fingerprint density at radius 1 is 1.33 bits per heavy atom. The molecule has 9 nitrogen and oxygen atoms in total. The predicted octanol–water partition coefficient (Wildman–Crippen LogP) is 0.0439. The number of sulfonamides is 1. The van der Waals surface area contributed by atoms with Gasteiger partial charge in [-0.25, -0.2) is 26.7 Å². The Hall–Kier alpha value is -2.02. The summed E-state index contributed by atoms with van der Waals surface area (Å²) in [5.74, 6) is -3.98. The number of benzene rings is 1. The van der Waals surface area contributed by atoms with Gasteiger partial charge < -0.3 is 15.8 Å². The summed E-state index contributed by atoms with van der Waals surface area (Å²) in [5, 5.41) is 4.43. The Balaban J connectivity index is 0.00000364. The number of nitrogens with one attached hydrogen (secondary N) is 3. The van der Waals surface area contributed by atoms with E-state index in [9.17, 15) is 26.8 Å². The average Bonchev–Trinajstić information content (AvgIpc) is 2.85. The Bertz CT molecular complexity index is 852. The van der Waals surface area contributed by atoms with Gasteiger partial charge in [0.05, 0.1) is 25.1 Å². The summed E-state index contributed by atoms with van der Waals surface area (Å²) < 4.78 is 57.9. The van der Waals surface area contributed by atoms with E-state index >= 15 is 0 Å². The van der Waals surface area contributed by atoms with Crippen LogP contribution in [0.5, 0.6) is 5.75 Å². The van der Waals surface area contributed by atoms with Crippen molar-refractivity contribution in [2.45, 2.75) is 23.3 Å². The molecule has 152 valence electrons. The molecule has 13 heteroatoms. The molecule has 1 atom stereocenters. The fourth-order valence-electron chi connectivity index (χ4n) is 2.33. The number of halogens is 3. The van der Waals surface area contributed by atoms with E-state index in [4.69, 9.17) is 10.5 Å². The molecule has 1 aromatic rings. The van der Waals surface area contributed by atoms with Crippen molar-refractivity contribution in [1.29, 1.82) is 0 Å². The van der Waals surface area contributed by atoms with Crippen LogP contribution in [0.4, 0.5) is 13.6 Å². The summed E-state index contributed by atoms with van der Waals surface area (Å²) in [4.78, 5) is 23.2. The first-order chi connectivity index (χ1) is 11.9. The van der Waals surface area contributed by atoms with Crippen molar-refractivity contribution in [2.75, 3.05) is 20.2 Å². The molecular formula is C14H19ClF2N4O5S. The molecule has 1 saturated heterocycles. The largest absolute Gasteiger partial charge is 0.496 e. The monoisotopic (exact) mass is 428 g/mol. The maximum absolute atomic E-state index is 13.2. The molecule has 1 aliphatic heterocycles. The minimum Gasteiger partial charge on any atom is -0.496 e. The third kappa shape index (κ3) is 4.64. The van der Waals surface area contributed by atoms with Gasteiger partial charge in [0, 0.05) is 5.56 Å². The summed E-state index contributed by atoms with van der Waals surface area (Å²) in [6, 6.07) is 2.71. The first kappa shape index (κ1) is 23.0. The fraction of sp³-hybridized carbons (Fsp3) is 0.429. The van der Waals surface area contributed by atoms with Crippen LogP contribution in [0.15, 0.2) is 23.1 Å². The van der Waals surface area contributed by atoms with Gasteiger partial charge in [0.15, 0.2) is 0 Å². The maximum Gasteiger partial charge on any atom is 0.322 e. The molecule has 0 spiro atoms. The van der Waals surface area contributed by atoms with Gasteiger partial charge in [-0.05, 0) is 25.1 Å². The highest BCUT2D eigenvalue weighted by Crippen LogP contribution is 2.34. The van der Waals surface area contributed by atoms with Gasteiger partial charge in [0.1, 0.15) is 11.3 Å². The summed E-state index contributed by atoms with van der Waals surface area (Å²) in [6.07, 6.45) is 0. The lowest BCUT2D eigenvalue weighted by Crippen LogP contribution is -2.42. The van der Waals surface area contributed by atoms with Crippen molar-refractivity contribution < 1.29 is 31.5 Å². The third-order valence-corrected chi connectivity index (χ3v) is 5.28. The number of carbonyl (C=O) groups is 2. The maximum atomic E-state index is 13.2. The van der Waals surface area contributed by atoms with Crippen LogP contribution in [0.3, 0.4) is 0 Å². The second-order valence-corrected chi connectivity index (χ2v) is 7.55. The van der Waals surface area contributed by atoms with Crippen LogP contribution in [-0.4, -0.2) is 46.5 Å². The highest BCUT2D eigenvalue weighted by molar-refractivity contribution is 7.89. The number of nitrogens with two attached hydrogens (primary N) is 1. The van der Waals surface area contributed by atoms with Gasteiger partial charge in [0.25, 0.3) is 11.8 Å². The average molecular weight is 429 g/mol. The lowest BCUT2D eigenvalue weighted by Gasteiger charge is -2.24. The summed E-state index contributed by atoms with van der Waals surface area (Å²) in [5.41, 5.74) is 3.34. The molecule has 5 N–H and O–H groups in total. The molecule has 1 aromatic carbocycles. The zero-order chi connectivity index (χ0) is 19.8. The molecule has 1 aliphatic rings. The molecule has 0 aromatic heterocycles. The third-order valence-electron chi connectivity index (χ3n) is 3.88. The number of imide groups is 1. The van der Waals surface area contributed by atoms with Crippen LogP contribution in [0.2, 0.25) is 0 Å². The van der Waals surface area contributed by atoms with Gasteiger partial charge in [-0.1, -0.05) is 0 Å². The van der Waals surface area contributed by atoms with Crippen molar-refractivity contribution in [2.24, 2.45) is 5.73 Å². The fourth-order valence-corrected chi connectivity index (χ4v) is 3.42. The molecular weight excluding hydrogens is 410 g/mol. The standard InChI is InChI=1S/C14H18F2N4O5S.ClH/c1-13(11(21)19-12(22)20-13)9-5-8(3-4-10(9)25-2)26(23,24)18-7-14(15,16)6-17;/h3-5,18H,6-7,17H2,1-2H3,(H2,19,20,21,22);1H. The smallest absolute Gasteiger partial charge is 0.322 e. The number of methoxy groups -OCH3 is 1. The van der Waals surface area contributed by atoms with Gasteiger partial charge in [-0.2, -0.15) is 0 Å². The van der Waals surface area contributed by atoms with Gasteiger partial charge in [0.2, 0.25) is 10.0 Å².